The summed E-state index contributed by atoms with van der Waals surface area (Å²) in [6.07, 6.45) is 4.71. The number of benzene rings is 1. The Labute approximate surface area is 221 Å². The Morgan fingerprint density at radius 2 is 2.06 bits per heavy atom. The number of para-hydroxylation sites is 1. The van der Waals surface area contributed by atoms with Crippen molar-refractivity contribution in [2.24, 2.45) is 5.92 Å². The van der Waals surface area contributed by atoms with Crippen LogP contribution in [0.4, 0.5) is 0 Å². The number of rotatable bonds is 12. The number of aliphatic hydroxyl groups excluding tert-OH is 2. The van der Waals surface area contributed by atoms with Crippen molar-refractivity contribution in [1.29, 1.82) is 0 Å². The normalized spacial score (nSPS) is 24.1. The lowest BCUT2D eigenvalue weighted by atomic mass is 9.87. The lowest BCUT2D eigenvalue weighted by Crippen LogP contribution is -2.56. The zero-order valence-electron chi connectivity index (χ0n) is 20.3. The van der Waals surface area contributed by atoms with E-state index in [4.69, 9.17) is 14.6 Å². The topological polar surface area (TPSA) is 108 Å². The standard InChI is InChI=1S/C26H37IN2O6/c1-2-3-4-7-12-29(26(33)18-10-14-34-17-18)21-15-19(25(32)28-11-13-30)16-23(24(21)31)35-22-9-6-5-8-20(22)27/h5-6,8-9,16,18,21,23-24,30-31H,2-4,7,10-15,17H2,1H3,(H,28,32). The second-order valence-electron chi connectivity index (χ2n) is 9.10. The van der Waals surface area contributed by atoms with E-state index in [1.54, 1.807) is 11.0 Å². The number of amides is 2. The van der Waals surface area contributed by atoms with Crippen LogP contribution >= 0.6 is 22.6 Å². The number of nitrogens with zero attached hydrogens (tertiary/aromatic N) is 1. The fourth-order valence-electron chi connectivity index (χ4n) is 4.58. The van der Waals surface area contributed by atoms with Gasteiger partial charge in [-0.05, 0) is 53.6 Å². The van der Waals surface area contributed by atoms with Crippen LogP contribution in [-0.2, 0) is 14.3 Å². The molecule has 2 aliphatic rings. The average Bonchev–Trinajstić information content (AvgIpc) is 3.40. The molecule has 1 heterocycles. The van der Waals surface area contributed by atoms with Crippen molar-refractivity contribution in [3.63, 3.8) is 0 Å². The van der Waals surface area contributed by atoms with E-state index in [1.165, 1.54) is 0 Å². The monoisotopic (exact) mass is 600 g/mol. The second-order valence-corrected chi connectivity index (χ2v) is 10.3. The zero-order chi connectivity index (χ0) is 25.2. The highest BCUT2D eigenvalue weighted by Gasteiger charge is 2.42. The lowest BCUT2D eigenvalue weighted by molar-refractivity contribution is -0.143. The molecule has 0 spiro atoms. The predicted octanol–water partition coefficient (Wildman–Crippen LogP) is 2.65. The molecule has 0 radical (unpaired) electrons. The third-order valence-electron chi connectivity index (χ3n) is 6.53. The van der Waals surface area contributed by atoms with E-state index >= 15 is 0 Å². The van der Waals surface area contributed by atoms with Gasteiger partial charge in [-0.3, -0.25) is 9.59 Å². The van der Waals surface area contributed by atoms with E-state index in [2.05, 4.69) is 34.8 Å². The minimum Gasteiger partial charge on any atom is -0.482 e. The summed E-state index contributed by atoms with van der Waals surface area (Å²) >= 11 is 2.17. The first-order valence-electron chi connectivity index (χ1n) is 12.5. The van der Waals surface area contributed by atoms with Crippen LogP contribution in [0.3, 0.4) is 0 Å². The highest BCUT2D eigenvalue weighted by Crippen LogP contribution is 2.31. The SMILES string of the molecule is CCCCCCN(C(=O)C1CCOC1)C1CC(C(=O)NCCO)=CC(Oc2ccccc2I)C1O. The van der Waals surface area contributed by atoms with Crippen molar-refractivity contribution in [2.75, 3.05) is 32.9 Å². The molecule has 2 amide bonds. The molecule has 1 aliphatic heterocycles. The molecule has 1 aromatic carbocycles. The first-order chi connectivity index (χ1) is 17.0. The minimum atomic E-state index is -1.00. The summed E-state index contributed by atoms with van der Waals surface area (Å²) in [5, 5.41) is 23.3. The van der Waals surface area contributed by atoms with Crippen LogP contribution in [0.1, 0.15) is 45.4 Å². The third-order valence-corrected chi connectivity index (χ3v) is 7.42. The van der Waals surface area contributed by atoms with Gasteiger partial charge in [0.2, 0.25) is 11.8 Å². The molecule has 0 saturated carbocycles. The molecule has 4 unspecified atom stereocenters. The molecule has 1 aromatic rings. The van der Waals surface area contributed by atoms with Gasteiger partial charge in [0, 0.05) is 31.7 Å². The van der Waals surface area contributed by atoms with Crippen molar-refractivity contribution >= 4 is 34.4 Å². The minimum absolute atomic E-state index is 0.0342. The number of ether oxygens (including phenoxy) is 2. The molecule has 3 rings (SSSR count). The van der Waals surface area contributed by atoms with E-state index in [1.807, 2.05) is 24.3 Å². The van der Waals surface area contributed by atoms with Gasteiger partial charge in [-0.2, -0.15) is 0 Å². The third kappa shape index (κ3) is 7.65. The van der Waals surface area contributed by atoms with E-state index in [-0.39, 0.29) is 37.3 Å². The zero-order valence-corrected chi connectivity index (χ0v) is 22.5. The molecular formula is C26H37IN2O6. The number of hydrogen-bond acceptors (Lipinski definition) is 6. The van der Waals surface area contributed by atoms with Gasteiger partial charge in [0.05, 0.1) is 28.7 Å². The van der Waals surface area contributed by atoms with Gasteiger partial charge in [0.1, 0.15) is 18.0 Å². The van der Waals surface area contributed by atoms with Gasteiger partial charge >= 0.3 is 0 Å². The van der Waals surface area contributed by atoms with Crippen molar-refractivity contribution in [2.45, 2.75) is 63.7 Å². The van der Waals surface area contributed by atoms with Crippen LogP contribution in [0.2, 0.25) is 0 Å². The first kappa shape index (κ1) is 27.9. The summed E-state index contributed by atoms with van der Waals surface area (Å²) in [4.78, 5) is 28.2. The molecule has 1 saturated heterocycles. The molecule has 4 atom stereocenters. The smallest absolute Gasteiger partial charge is 0.247 e. The fourth-order valence-corrected chi connectivity index (χ4v) is 5.09. The number of aliphatic hydroxyl groups is 2. The first-order valence-corrected chi connectivity index (χ1v) is 13.6. The van der Waals surface area contributed by atoms with E-state index in [9.17, 15) is 14.7 Å². The van der Waals surface area contributed by atoms with E-state index in [0.29, 0.717) is 37.5 Å². The maximum Gasteiger partial charge on any atom is 0.247 e. The summed E-state index contributed by atoms with van der Waals surface area (Å²) in [5.41, 5.74) is 0.443. The summed E-state index contributed by atoms with van der Waals surface area (Å²) < 4.78 is 12.5. The predicted molar refractivity (Wildman–Crippen MR) is 141 cm³/mol. The van der Waals surface area contributed by atoms with Crippen molar-refractivity contribution in [3.8, 4) is 5.75 Å². The van der Waals surface area contributed by atoms with Gasteiger partial charge in [-0.25, -0.2) is 0 Å². The molecule has 35 heavy (non-hydrogen) atoms. The summed E-state index contributed by atoms with van der Waals surface area (Å²) in [6, 6.07) is 6.88. The summed E-state index contributed by atoms with van der Waals surface area (Å²) in [5.74, 6) is 0.0116. The van der Waals surface area contributed by atoms with E-state index in [0.717, 1.165) is 29.3 Å². The Balaban J connectivity index is 1.89. The number of unbranched alkanes of at least 4 members (excludes halogenated alkanes) is 3. The van der Waals surface area contributed by atoms with Crippen LogP contribution in [0.15, 0.2) is 35.9 Å². The number of halogens is 1. The molecule has 1 fully saturated rings. The molecule has 1 aliphatic carbocycles. The number of hydrogen-bond donors (Lipinski definition) is 3. The van der Waals surface area contributed by atoms with Crippen LogP contribution in [0.5, 0.6) is 5.75 Å². The molecule has 0 bridgehead atoms. The number of carbonyl (C=O) groups excluding carboxylic acids is 2. The van der Waals surface area contributed by atoms with Crippen molar-refractivity contribution in [1.82, 2.24) is 10.2 Å². The van der Waals surface area contributed by atoms with E-state index < -0.39 is 18.2 Å². The molecule has 0 aromatic heterocycles. The average molecular weight is 600 g/mol. The largest absolute Gasteiger partial charge is 0.482 e. The Morgan fingerprint density at radius 3 is 2.74 bits per heavy atom. The Morgan fingerprint density at radius 1 is 1.26 bits per heavy atom. The molecule has 8 nitrogen and oxygen atoms in total. The fraction of sp³-hybridized carbons (Fsp3) is 0.615. The quantitative estimate of drug-likeness (QED) is 0.252. The maximum absolute atomic E-state index is 13.6. The molecular weight excluding hydrogens is 563 g/mol. The van der Waals surface area contributed by atoms with Crippen LogP contribution in [0, 0.1) is 9.49 Å². The maximum atomic E-state index is 13.6. The molecule has 9 heteroatoms. The van der Waals surface area contributed by atoms with Crippen molar-refractivity contribution in [3.05, 3.63) is 39.5 Å². The van der Waals surface area contributed by atoms with Crippen LogP contribution < -0.4 is 10.1 Å². The van der Waals surface area contributed by atoms with Gasteiger partial charge in [0.25, 0.3) is 0 Å². The van der Waals surface area contributed by atoms with Crippen LogP contribution in [0.25, 0.3) is 0 Å². The van der Waals surface area contributed by atoms with Crippen molar-refractivity contribution < 1.29 is 29.3 Å². The Kier molecular flexibility index (Phi) is 11.3. The summed E-state index contributed by atoms with van der Waals surface area (Å²) in [6.45, 7) is 3.55. The number of carbonyl (C=O) groups is 2. The second kappa shape index (κ2) is 14.2. The lowest BCUT2D eigenvalue weighted by Gasteiger charge is -2.41. The van der Waals surface area contributed by atoms with Crippen LogP contribution in [-0.4, -0.2) is 78.1 Å². The Hall–Kier alpha value is -1.69. The highest BCUT2D eigenvalue weighted by molar-refractivity contribution is 14.1. The van der Waals surface area contributed by atoms with Gasteiger partial charge in [-0.1, -0.05) is 38.3 Å². The highest BCUT2D eigenvalue weighted by atomic mass is 127. The van der Waals surface area contributed by atoms with Gasteiger partial charge < -0.3 is 29.9 Å². The summed E-state index contributed by atoms with van der Waals surface area (Å²) in [7, 11) is 0. The molecule has 3 N–H and O–H groups in total. The van der Waals surface area contributed by atoms with Gasteiger partial charge in [-0.15, -0.1) is 0 Å². The van der Waals surface area contributed by atoms with Gasteiger partial charge in [0.15, 0.2) is 0 Å². The number of nitrogens with one attached hydrogen (secondary N) is 1. The molecule has 194 valence electrons. The Bertz CT molecular complexity index is 873.